The number of benzene rings is 2. The third-order valence-corrected chi connectivity index (χ3v) is 3.80. The summed E-state index contributed by atoms with van der Waals surface area (Å²) in [6.07, 6.45) is 0.537. The van der Waals surface area contributed by atoms with Crippen molar-refractivity contribution in [3.8, 4) is 11.5 Å². The second-order valence-electron chi connectivity index (χ2n) is 5.23. The highest BCUT2D eigenvalue weighted by molar-refractivity contribution is 5.48. The van der Waals surface area contributed by atoms with Crippen molar-refractivity contribution in [3.05, 3.63) is 59.2 Å². The lowest BCUT2D eigenvalue weighted by atomic mass is 10.0. The van der Waals surface area contributed by atoms with Crippen molar-refractivity contribution < 1.29 is 18.9 Å². The zero-order chi connectivity index (χ0) is 15.4. The Morgan fingerprint density at radius 1 is 1.05 bits per heavy atom. The lowest BCUT2D eigenvalue weighted by molar-refractivity contribution is -0.137. The molecular formula is C18H20O4. The monoisotopic (exact) mass is 300 g/mol. The summed E-state index contributed by atoms with van der Waals surface area (Å²) in [7, 11) is 3.31. The van der Waals surface area contributed by atoms with Crippen LogP contribution in [-0.4, -0.2) is 20.5 Å². The Kier molecular flexibility index (Phi) is 4.61. The van der Waals surface area contributed by atoms with Crippen LogP contribution in [0.4, 0.5) is 0 Å². The van der Waals surface area contributed by atoms with E-state index < -0.39 is 0 Å². The lowest BCUT2D eigenvalue weighted by Gasteiger charge is -2.25. The number of methoxy groups -OCH3 is 2. The third-order valence-electron chi connectivity index (χ3n) is 3.80. The van der Waals surface area contributed by atoms with Crippen molar-refractivity contribution in [2.45, 2.75) is 25.9 Å². The molecule has 0 fully saturated rings. The molecule has 0 saturated carbocycles. The van der Waals surface area contributed by atoms with Gasteiger partial charge in [-0.3, -0.25) is 0 Å². The smallest absolute Gasteiger partial charge is 0.162 e. The van der Waals surface area contributed by atoms with Gasteiger partial charge in [0.25, 0.3) is 0 Å². The van der Waals surface area contributed by atoms with Gasteiger partial charge < -0.3 is 18.9 Å². The maximum atomic E-state index is 5.92. The van der Waals surface area contributed by atoms with Crippen molar-refractivity contribution in [1.82, 2.24) is 0 Å². The quantitative estimate of drug-likeness (QED) is 0.849. The Morgan fingerprint density at radius 2 is 1.82 bits per heavy atom. The van der Waals surface area contributed by atoms with Crippen LogP contribution in [0.2, 0.25) is 0 Å². The fourth-order valence-electron chi connectivity index (χ4n) is 2.55. The van der Waals surface area contributed by atoms with Crippen LogP contribution in [-0.2, 0) is 29.1 Å². The second-order valence-corrected chi connectivity index (χ2v) is 5.23. The Balaban J connectivity index is 1.79. The molecule has 0 aliphatic carbocycles. The zero-order valence-electron chi connectivity index (χ0n) is 12.9. The van der Waals surface area contributed by atoms with Gasteiger partial charge in [-0.25, -0.2) is 0 Å². The summed E-state index contributed by atoms with van der Waals surface area (Å²) in [4.78, 5) is 0. The van der Waals surface area contributed by atoms with Gasteiger partial charge in [0.1, 0.15) is 6.61 Å². The SMILES string of the molecule is COc1cc2c(cc1OCc1ccccc1)COC(OC)C2. The van der Waals surface area contributed by atoms with Crippen LogP contribution in [0.1, 0.15) is 16.7 Å². The fraction of sp³-hybridized carbons (Fsp3) is 0.333. The van der Waals surface area contributed by atoms with Crippen LogP contribution in [0.3, 0.4) is 0 Å². The number of hydrogen-bond donors (Lipinski definition) is 0. The molecule has 4 heteroatoms. The highest BCUT2D eigenvalue weighted by atomic mass is 16.7. The molecule has 116 valence electrons. The van der Waals surface area contributed by atoms with Gasteiger partial charge in [-0.15, -0.1) is 0 Å². The Hall–Kier alpha value is -2.04. The van der Waals surface area contributed by atoms with Crippen LogP contribution in [0.25, 0.3) is 0 Å². The Morgan fingerprint density at radius 3 is 2.55 bits per heavy atom. The summed E-state index contributed by atoms with van der Waals surface area (Å²) < 4.78 is 22.3. The minimum Gasteiger partial charge on any atom is -0.493 e. The number of ether oxygens (including phenoxy) is 4. The molecule has 0 saturated heterocycles. The van der Waals surface area contributed by atoms with Crippen LogP contribution in [0.5, 0.6) is 11.5 Å². The molecule has 0 N–H and O–H groups in total. The average molecular weight is 300 g/mol. The summed E-state index contributed by atoms with van der Waals surface area (Å²) in [6.45, 7) is 1.04. The van der Waals surface area contributed by atoms with Crippen LogP contribution < -0.4 is 9.47 Å². The molecule has 2 aromatic carbocycles. The normalized spacial score (nSPS) is 16.9. The molecule has 1 unspecified atom stereocenters. The zero-order valence-corrected chi connectivity index (χ0v) is 12.9. The van der Waals surface area contributed by atoms with Crippen molar-refractivity contribution >= 4 is 0 Å². The molecule has 0 radical (unpaired) electrons. The van der Waals surface area contributed by atoms with Gasteiger partial charge in [0, 0.05) is 13.5 Å². The van der Waals surface area contributed by atoms with Crippen molar-refractivity contribution in [1.29, 1.82) is 0 Å². The molecule has 22 heavy (non-hydrogen) atoms. The maximum Gasteiger partial charge on any atom is 0.162 e. The third kappa shape index (κ3) is 3.24. The van der Waals surface area contributed by atoms with Gasteiger partial charge in [0.2, 0.25) is 0 Å². The minimum atomic E-state index is -0.187. The van der Waals surface area contributed by atoms with Gasteiger partial charge in [-0.2, -0.15) is 0 Å². The first kappa shape index (κ1) is 14.9. The first-order valence-corrected chi connectivity index (χ1v) is 7.31. The summed E-state index contributed by atoms with van der Waals surface area (Å²) in [5, 5.41) is 0. The number of rotatable bonds is 5. The maximum absolute atomic E-state index is 5.92. The molecule has 0 bridgehead atoms. The lowest BCUT2D eigenvalue weighted by Crippen LogP contribution is -2.24. The van der Waals surface area contributed by atoms with Gasteiger partial charge in [-0.05, 0) is 28.8 Å². The molecule has 1 atom stereocenters. The fourth-order valence-corrected chi connectivity index (χ4v) is 2.55. The summed E-state index contributed by atoms with van der Waals surface area (Å²) in [6, 6.07) is 14.1. The van der Waals surface area contributed by atoms with Crippen molar-refractivity contribution in [3.63, 3.8) is 0 Å². The van der Waals surface area contributed by atoms with E-state index in [2.05, 4.69) is 0 Å². The van der Waals surface area contributed by atoms with Crippen LogP contribution in [0.15, 0.2) is 42.5 Å². The molecule has 3 rings (SSSR count). The standard InChI is InChI=1S/C18H20O4/c1-19-16-8-14-10-18(20-2)22-12-15(14)9-17(16)21-11-13-6-4-3-5-7-13/h3-9,18H,10-12H2,1-2H3. The largest absolute Gasteiger partial charge is 0.493 e. The summed E-state index contributed by atoms with van der Waals surface area (Å²) in [5.41, 5.74) is 3.43. The van der Waals surface area contributed by atoms with E-state index in [-0.39, 0.29) is 6.29 Å². The van der Waals surface area contributed by atoms with E-state index in [0.29, 0.717) is 13.2 Å². The van der Waals surface area contributed by atoms with E-state index in [9.17, 15) is 0 Å². The van der Waals surface area contributed by atoms with E-state index in [1.54, 1.807) is 14.2 Å². The van der Waals surface area contributed by atoms with E-state index in [0.717, 1.165) is 29.0 Å². The Labute approximate surface area is 130 Å². The predicted molar refractivity (Wildman–Crippen MR) is 83.1 cm³/mol. The van der Waals surface area contributed by atoms with Crippen LogP contribution in [0, 0.1) is 0 Å². The molecule has 4 nitrogen and oxygen atoms in total. The topological polar surface area (TPSA) is 36.9 Å². The molecular weight excluding hydrogens is 280 g/mol. The average Bonchev–Trinajstić information content (AvgIpc) is 2.59. The summed E-state index contributed by atoms with van der Waals surface area (Å²) in [5.74, 6) is 1.48. The van der Waals surface area contributed by atoms with Gasteiger partial charge in [0.05, 0.1) is 13.7 Å². The molecule has 1 heterocycles. The highest BCUT2D eigenvalue weighted by Gasteiger charge is 2.21. The van der Waals surface area contributed by atoms with Crippen molar-refractivity contribution in [2.24, 2.45) is 0 Å². The number of fused-ring (bicyclic) bond motifs is 1. The van der Waals surface area contributed by atoms with Gasteiger partial charge in [0.15, 0.2) is 17.8 Å². The van der Waals surface area contributed by atoms with Gasteiger partial charge >= 0.3 is 0 Å². The second kappa shape index (κ2) is 6.81. The van der Waals surface area contributed by atoms with E-state index in [1.807, 2.05) is 42.5 Å². The molecule has 0 aromatic heterocycles. The molecule has 0 spiro atoms. The first-order valence-electron chi connectivity index (χ1n) is 7.31. The minimum absolute atomic E-state index is 0.187. The first-order chi connectivity index (χ1) is 10.8. The molecule has 2 aromatic rings. The summed E-state index contributed by atoms with van der Waals surface area (Å²) >= 11 is 0. The predicted octanol–water partition coefficient (Wildman–Crippen LogP) is 3.32. The molecule has 0 amide bonds. The van der Waals surface area contributed by atoms with Crippen LogP contribution >= 0.6 is 0 Å². The van der Waals surface area contributed by atoms with Gasteiger partial charge in [-0.1, -0.05) is 30.3 Å². The Bertz CT molecular complexity index is 624. The molecule has 1 aliphatic heterocycles. The van der Waals surface area contributed by atoms with E-state index in [1.165, 1.54) is 5.56 Å². The van der Waals surface area contributed by atoms with E-state index >= 15 is 0 Å². The highest BCUT2D eigenvalue weighted by Crippen LogP contribution is 2.34. The molecule has 1 aliphatic rings. The number of hydrogen-bond acceptors (Lipinski definition) is 4. The van der Waals surface area contributed by atoms with Crippen molar-refractivity contribution in [2.75, 3.05) is 14.2 Å². The van der Waals surface area contributed by atoms with E-state index in [4.69, 9.17) is 18.9 Å².